The Morgan fingerprint density at radius 3 is 2.22 bits per heavy atom. The van der Waals surface area contributed by atoms with E-state index in [0.717, 1.165) is 65.1 Å². The lowest BCUT2D eigenvalue weighted by Crippen LogP contribution is -2.60. The van der Waals surface area contributed by atoms with Crippen LogP contribution in [-0.4, -0.2) is 53.8 Å². The van der Waals surface area contributed by atoms with E-state index in [0.29, 0.717) is 10.9 Å². The lowest BCUT2D eigenvalue weighted by Gasteiger charge is -2.56. The number of anilines is 1. The zero-order valence-corrected chi connectivity index (χ0v) is 28.3. The maximum atomic E-state index is 13.2. The highest BCUT2D eigenvalue weighted by Gasteiger charge is 2.51. The van der Waals surface area contributed by atoms with Crippen molar-refractivity contribution in [2.45, 2.75) is 81.2 Å². The molecule has 1 saturated heterocycles. The molecule has 4 bridgehead atoms. The number of aromatic nitrogens is 4. The minimum atomic E-state index is -0.646. The van der Waals surface area contributed by atoms with Gasteiger partial charge in [0.1, 0.15) is 5.75 Å². The van der Waals surface area contributed by atoms with Crippen LogP contribution in [0.1, 0.15) is 74.5 Å². The molecule has 4 aromatic rings. The number of aliphatic hydroxyl groups is 1. The predicted octanol–water partition coefficient (Wildman–Crippen LogP) is 6.53. The van der Waals surface area contributed by atoms with E-state index in [4.69, 9.17) is 9.47 Å². The molecule has 0 radical (unpaired) electrons. The largest absolute Gasteiger partial charge is 0.508 e. The predicted molar refractivity (Wildman–Crippen MR) is 184 cm³/mol. The van der Waals surface area contributed by atoms with Gasteiger partial charge in [-0.2, -0.15) is 4.68 Å². The number of rotatable bonds is 9. The van der Waals surface area contributed by atoms with Gasteiger partial charge in [0.25, 0.3) is 0 Å². The van der Waals surface area contributed by atoms with Crippen LogP contribution in [-0.2, 0) is 16.1 Å². The number of nitrogens with one attached hydrogen (secondary N) is 2. The van der Waals surface area contributed by atoms with Crippen LogP contribution in [0, 0.1) is 23.7 Å². The molecule has 2 amide bonds. The first-order valence-electron chi connectivity index (χ1n) is 17.2. The number of phenolic OH excluding ortho intramolecular Hbond substituents is 1. The summed E-state index contributed by atoms with van der Waals surface area (Å²) in [5.41, 5.74) is 4.10. The van der Waals surface area contributed by atoms with Crippen LogP contribution >= 0.6 is 11.8 Å². The fourth-order valence-corrected chi connectivity index (χ4v) is 9.94. The second kappa shape index (κ2) is 13.4. The molecule has 5 aliphatic rings. The van der Waals surface area contributed by atoms with E-state index in [2.05, 4.69) is 33.1 Å². The third-order valence-electron chi connectivity index (χ3n) is 10.9. The molecule has 2 heterocycles. The van der Waals surface area contributed by atoms with Gasteiger partial charge in [-0.05, 0) is 114 Å². The Hall–Kier alpha value is -3.97. The van der Waals surface area contributed by atoms with Crippen LogP contribution in [0.3, 0.4) is 0 Å². The van der Waals surface area contributed by atoms with Crippen molar-refractivity contribution in [3.05, 3.63) is 89.5 Å². The van der Waals surface area contributed by atoms with Gasteiger partial charge in [0, 0.05) is 28.5 Å². The van der Waals surface area contributed by atoms with Crippen molar-refractivity contribution in [2.24, 2.45) is 23.7 Å². The summed E-state index contributed by atoms with van der Waals surface area (Å²) in [5, 5.41) is 38.7. The van der Waals surface area contributed by atoms with Crippen LogP contribution in [0.15, 0.2) is 78.0 Å². The van der Waals surface area contributed by atoms with Gasteiger partial charge in [-0.1, -0.05) is 55.1 Å². The number of phenols is 1. The summed E-state index contributed by atoms with van der Waals surface area (Å²) >= 11 is 1.49. The van der Waals surface area contributed by atoms with Crippen molar-refractivity contribution in [1.29, 1.82) is 0 Å². The Balaban J connectivity index is 0.970. The molecular formula is C37H42N6O5S. The topological polar surface area (TPSA) is 144 Å². The molecule has 49 heavy (non-hydrogen) atoms. The molecule has 0 unspecified atom stereocenters. The van der Waals surface area contributed by atoms with Crippen molar-refractivity contribution in [3.63, 3.8) is 0 Å². The van der Waals surface area contributed by atoms with E-state index in [1.54, 1.807) is 28.9 Å². The highest BCUT2D eigenvalue weighted by molar-refractivity contribution is 7.99. The fourth-order valence-electron chi connectivity index (χ4n) is 8.88. The summed E-state index contributed by atoms with van der Waals surface area (Å²) in [6, 6.07) is 22.1. The maximum Gasteiger partial charge on any atom is 0.319 e. The van der Waals surface area contributed by atoms with Crippen molar-refractivity contribution < 1.29 is 24.5 Å². The molecule has 4 saturated carbocycles. The number of carbonyl (C=O) groups excluding carboxylic acids is 1. The molecule has 256 valence electrons. The summed E-state index contributed by atoms with van der Waals surface area (Å²) in [4.78, 5) is 13.2. The first-order valence-corrected chi connectivity index (χ1v) is 18.2. The number of tetrazole rings is 1. The zero-order valence-electron chi connectivity index (χ0n) is 27.4. The second-order valence-electron chi connectivity index (χ2n) is 14.4. The van der Waals surface area contributed by atoms with Crippen molar-refractivity contribution >= 4 is 23.5 Å². The Morgan fingerprint density at radius 2 is 1.57 bits per heavy atom. The Labute approximate surface area is 289 Å². The Bertz CT molecular complexity index is 1730. The minimum absolute atomic E-state index is 0.0176. The number of amides is 2. The number of urea groups is 1. The number of thioether (sulfide) groups is 1. The number of benzene rings is 3. The molecule has 4 aliphatic carbocycles. The van der Waals surface area contributed by atoms with Crippen LogP contribution in [0.2, 0.25) is 0 Å². The van der Waals surface area contributed by atoms with Crippen LogP contribution in [0.5, 0.6) is 5.75 Å². The average Bonchev–Trinajstić information content (AvgIpc) is 3.56. The van der Waals surface area contributed by atoms with Gasteiger partial charge in [-0.3, -0.25) is 0 Å². The SMILES string of the molecule is C[C@H]1[C@@H](CSc2nnnn2-c2ccc(O)cc2)O[C@@H](c2ccc(NC(=O)NC34CC5CC(CC(C5)C3)C4)cc2)O[C@H]1c1ccc(CO)cc1. The number of hydrogen-bond acceptors (Lipinski definition) is 9. The zero-order chi connectivity index (χ0) is 33.5. The second-order valence-corrected chi connectivity index (χ2v) is 15.4. The molecule has 11 nitrogen and oxygen atoms in total. The third kappa shape index (κ3) is 6.79. The van der Waals surface area contributed by atoms with E-state index in [1.165, 1.54) is 31.0 Å². The van der Waals surface area contributed by atoms with Crippen LogP contribution < -0.4 is 10.6 Å². The number of aliphatic hydroxyl groups excluding tert-OH is 1. The highest BCUT2D eigenvalue weighted by Crippen LogP contribution is 2.55. The van der Waals surface area contributed by atoms with E-state index in [9.17, 15) is 15.0 Å². The van der Waals surface area contributed by atoms with Crippen molar-refractivity contribution in [2.75, 3.05) is 11.1 Å². The molecule has 4 N–H and O–H groups in total. The summed E-state index contributed by atoms with van der Waals surface area (Å²) < 4.78 is 14.9. The normalized spacial score (nSPS) is 30.3. The molecule has 0 spiro atoms. The standard InChI is InChI=1S/C37H42N6O5S/c1-22-32(21-49-36-40-41-42-43(36)30-10-12-31(45)13-11-30)47-34(48-33(22)27-4-2-23(20-44)3-5-27)28-6-8-29(9-7-28)38-35(46)39-37-17-24-14-25(18-37)16-26(15-24)19-37/h2-13,22,24-26,32-34,44-45H,14-21H2,1H3,(H2,38,39,46)/t22-,24?,25?,26?,32+,33+,34+,37?/m0/s1. The van der Waals surface area contributed by atoms with E-state index in [1.807, 2.05) is 48.5 Å². The van der Waals surface area contributed by atoms with E-state index in [-0.39, 0.29) is 42.1 Å². The minimum Gasteiger partial charge on any atom is -0.508 e. The number of ether oxygens (including phenoxy) is 2. The molecule has 4 atom stereocenters. The van der Waals surface area contributed by atoms with Crippen LogP contribution in [0.25, 0.3) is 5.69 Å². The Morgan fingerprint density at radius 1 is 0.918 bits per heavy atom. The first kappa shape index (κ1) is 32.2. The lowest BCUT2D eigenvalue weighted by molar-refractivity contribution is -0.268. The van der Waals surface area contributed by atoms with Gasteiger partial charge in [0.15, 0.2) is 6.29 Å². The van der Waals surface area contributed by atoms with Gasteiger partial charge in [0.05, 0.1) is 24.5 Å². The smallest absolute Gasteiger partial charge is 0.319 e. The van der Waals surface area contributed by atoms with E-state index >= 15 is 0 Å². The fraction of sp³-hybridized carbons (Fsp3) is 0.459. The number of aromatic hydroxyl groups is 1. The van der Waals surface area contributed by atoms with Crippen LogP contribution in [0.4, 0.5) is 10.5 Å². The van der Waals surface area contributed by atoms with E-state index < -0.39 is 6.29 Å². The highest BCUT2D eigenvalue weighted by atomic mass is 32.2. The number of hydrogen-bond donors (Lipinski definition) is 4. The Kier molecular flexibility index (Phi) is 8.81. The molecule has 1 aliphatic heterocycles. The number of carbonyl (C=O) groups is 1. The van der Waals surface area contributed by atoms with Gasteiger partial charge in [0.2, 0.25) is 5.16 Å². The van der Waals surface area contributed by atoms with Gasteiger partial charge < -0.3 is 30.3 Å². The number of nitrogens with zero attached hydrogens (tertiary/aromatic N) is 4. The third-order valence-corrected chi connectivity index (χ3v) is 11.9. The van der Waals surface area contributed by atoms with Gasteiger partial charge in [-0.15, -0.1) is 5.10 Å². The molecular weight excluding hydrogens is 641 g/mol. The summed E-state index contributed by atoms with van der Waals surface area (Å²) in [6.45, 7) is 2.09. The molecule has 9 rings (SSSR count). The van der Waals surface area contributed by atoms with Crippen molar-refractivity contribution in [1.82, 2.24) is 25.5 Å². The molecule has 12 heteroatoms. The summed E-state index contributed by atoms with van der Waals surface area (Å²) in [6.07, 6.45) is 6.18. The average molecular weight is 683 g/mol. The quantitative estimate of drug-likeness (QED) is 0.145. The summed E-state index contributed by atoms with van der Waals surface area (Å²) in [7, 11) is 0. The maximum absolute atomic E-state index is 13.2. The molecule has 3 aromatic carbocycles. The lowest BCUT2D eigenvalue weighted by atomic mass is 9.53. The molecule has 5 fully saturated rings. The first-order chi connectivity index (χ1) is 23.8. The van der Waals surface area contributed by atoms with Crippen molar-refractivity contribution in [3.8, 4) is 11.4 Å². The van der Waals surface area contributed by atoms with Gasteiger partial charge in [-0.25, -0.2) is 4.79 Å². The molecule has 1 aromatic heterocycles. The monoisotopic (exact) mass is 682 g/mol. The van der Waals surface area contributed by atoms with Gasteiger partial charge >= 0.3 is 6.03 Å². The summed E-state index contributed by atoms with van der Waals surface area (Å²) in [5.74, 6) is 3.00.